The van der Waals surface area contributed by atoms with Gasteiger partial charge in [0.1, 0.15) is 18.9 Å². The zero-order chi connectivity index (χ0) is 22.4. The maximum absolute atomic E-state index is 14.6. The third-order valence-electron chi connectivity index (χ3n) is 5.86. The van der Waals surface area contributed by atoms with E-state index in [2.05, 4.69) is 9.89 Å². The third-order valence-corrected chi connectivity index (χ3v) is 6.22. The molecule has 0 saturated carbocycles. The van der Waals surface area contributed by atoms with Crippen LogP contribution < -0.4 is 0 Å². The molecular formula is C21H26ClFN5O3+. The molecule has 0 spiro atoms. The Morgan fingerprint density at radius 1 is 1.19 bits per heavy atom. The van der Waals surface area contributed by atoms with E-state index in [0.29, 0.717) is 31.3 Å². The minimum absolute atomic E-state index is 0.0622. The summed E-state index contributed by atoms with van der Waals surface area (Å²) in [6, 6.07) is 3.25. The molecule has 3 atom stereocenters. The van der Waals surface area contributed by atoms with Gasteiger partial charge in [0, 0.05) is 32.7 Å². The molecule has 0 aromatic heterocycles. The van der Waals surface area contributed by atoms with E-state index >= 15 is 0 Å². The van der Waals surface area contributed by atoms with Crippen LogP contribution in [-0.4, -0.2) is 94.9 Å². The maximum atomic E-state index is 14.6. The van der Waals surface area contributed by atoms with Gasteiger partial charge in [-0.3, -0.25) is 19.5 Å². The molecule has 2 fully saturated rings. The van der Waals surface area contributed by atoms with Gasteiger partial charge < -0.3 is 4.74 Å². The van der Waals surface area contributed by atoms with Gasteiger partial charge in [0.25, 0.3) is 17.8 Å². The summed E-state index contributed by atoms with van der Waals surface area (Å²) in [6.45, 7) is 5.95. The van der Waals surface area contributed by atoms with Gasteiger partial charge in [0.15, 0.2) is 0 Å². The summed E-state index contributed by atoms with van der Waals surface area (Å²) in [7, 11) is 3.03. The van der Waals surface area contributed by atoms with E-state index in [1.165, 1.54) is 18.0 Å². The molecule has 31 heavy (non-hydrogen) atoms. The van der Waals surface area contributed by atoms with Crippen LogP contribution in [0.25, 0.3) is 0 Å². The van der Waals surface area contributed by atoms with Gasteiger partial charge in [-0.05, 0) is 31.0 Å². The lowest BCUT2D eigenvalue weighted by Gasteiger charge is -2.34. The van der Waals surface area contributed by atoms with Gasteiger partial charge in [-0.2, -0.15) is 0 Å². The lowest BCUT2D eigenvalue weighted by Crippen LogP contribution is -2.61. The van der Waals surface area contributed by atoms with Crippen LogP contribution >= 0.6 is 11.6 Å². The SMILES string of the molecule is CC1CN(CC2=[N+](Cc3c(F)cccc3Cl)C3C(=O)N(C)C(=O)N(C)C3=N2)CC(C)O1. The van der Waals surface area contributed by atoms with Gasteiger partial charge in [-0.15, -0.1) is 0 Å². The Morgan fingerprint density at radius 3 is 2.52 bits per heavy atom. The van der Waals surface area contributed by atoms with Crippen molar-refractivity contribution in [2.45, 2.75) is 38.6 Å². The first-order chi connectivity index (χ1) is 14.7. The number of benzene rings is 1. The van der Waals surface area contributed by atoms with Crippen LogP contribution in [0.15, 0.2) is 23.2 Å². The van der Waals surface area contributed by atoms with Crippen LogP contribution in [-0.2, 0) is 16.1 Å². The van der Waals surface area contributed by atoms with E-state index in [4.69, 9.17) is 16.3 Å². The second kappa shape index (κ2) is 8.29. The molecule has 10 heteroatoms. The zero-order valence-corrected chi connectivity index (χ0v) is 18.8. The van der Waals surface area contributed by atoms with Crippen molar-refractivity contribution in [1.29, 1.82) is 0 Å². The Labute approximate surface area is 185 Å². The smallest absolute Gasteiger partial charge is 0.333 e. The van der Waals surface area contributed by atoms with Crippen molar-refractivity contribution in [3.63, 3.8) is 0 Å². The Kier molecular flexibility index (Phi) is 5.85. The molecule has 8 nitrogen and oxygen atoms in total. The Bertz CT molecular complexity index is 967. The molecule has 3 aliphatic rings. The Hall–Kier alpha value is -2.36. The van der Waals surface area contributed by atoms with E-state index in [1.807, 2.05) is 13.8 Å². The average molecular weight is 451 g/mol. The minimum atomic E-state index is -0.811. The molecular weight excluding hydrogens is 425 g/mol. The summed E-state index contributed by atoms with van der Waals surface area (Å²) in [4.78, 5) is 34.8. The van der Waals surface area contributed by atoms with Crippen molar-refractivity contribution in [2.24, 2.45) is 4.99 Å². The van der Waals surface area contributed by atoms with Gasteiger partial charge in [0.05, 0.1) is 17.2 Å². The molecule has 3 unspecified atom stereocenters. The highest BCUT2D eigenvalue weighted by Crippen LogP contribution is 2.25. The van der Waals surface area contributed by atoms with Crippen LogP contribution in [0.3, 0.4) is 0 Å². The first kappa shape index (κ1) is 21.9. The van der Waals surface area contributed by atoms with Crippen LogP contribution in [0, 0.1) is 5.82 Å². The lowest BCUT2D eigenvalue weighted by atomic mass is 10.1. The third kappa shape index (κ3) is 3.97. The van der Waals surface area contributed by atoms with Crippen molar-refractivity contribution in [1.82, 2.24) is 14.7 Å². The Balaban J connectivity index is 1.74. The number of rotatable bonds is 4. The number of morpholine rings is 1. The van der Waals surface area contributed by atoms with Crippen molar-refractivity contribution < 1.29 is 23.3 Å². The first-order valence-electron chi connectivity index (χ1n) is 10.2. The second-order valence-electron chi connectivity index (χ2n) is 8.31. The number of amides is 3. The molecule has 1 aromatic rings. The largest absolute Gasteiger partial charge is 0.373 e. The summed E-state index contributed by atoms with van der Waals surface area (Å²) < 4.78 is 22.2. The number of amidine groups is 2. The number of hydrogen-bond acceptors (Lipinski definition) is 5. The number of hydrogen-bond donors (Lipinski definition) is 0. The number of urea groups is 1. The van der Waals surface area contributed by atoms with Crippen molar-refractivity contribution in [3.05, 3.63) is 34.6 Å². The molecule has 0 N–H and O–H groups in total. The fraction of sp³-hybridized carbons (Fsp3) is 0.524. The lowest BCUT2D eigenvalue weighted by molar-refractivity contribution is -0.552. The number of ether oxygens (including phenoxy) is 1. The standard InChI is InChI=1S/C21H26ClFN5O3/c1-12-8-27(9-13(2)31-12)11-17-24-19-18(20(29)26(4)21(30)25(19)3)28(17)10-14-15(22)6-5-7-16(14)23/h5-7,12-13,18H,8-11H2,1-4H3/q+1. The molecule has 3 heterocycles. The van der Waals surface area contributed by atoms with E-state index in [1.54, 1.807) is 23.8 Å². The first-order valence-corrected chi connectivity index (χ1v) is 10.6. The highest BCUT2D eigenvalue weighted by Gasteiger charge is 2.53. The highest BCUT2D eigenvalue weighted by molar-refractivity contribution is 6.31. The summed E-state index contributed by atoms with van der Waals surface area (Å²) in [5.74, 6) is 0.108. The number of fused-ring (bicyclic) bond motifs is 1. The summed E-state index contributed by atoms with van der Waals surface area (Å²) >= 11 is 6.28. The van der Waals surface area contributed by atoms with E-state index in [-0.39, 0.29) is 29.3 Å². The molecule has 4 rings (SSSR count). The number of nitrogens with zero attached hydrogens (tertiary/aromatic N) is 5. The number of carbonyl (C=O) groups excluding carboxylic acids is 2. The van der Waals surface area contributed by atoms with Crippen LogP contribution in [0.4, 0.5) is 9.18 Å². The van der Waals surface area contributed by atoms with Gasteiger partial charge in [-0.1, -0.05) is 17.7 Å². The topological polar surface area (TPSA) is 68.5 Å². The van der Waals surface area contributed by atoms with Crippen molar-refractivity contribution >= 4 is 35.2 Å². The van der Waals surface area contributed by atoms with Crippen LogP contribution in [0.5, 0.6) is 0 Å². The van der Waals surface area contributed by atoms with Crippen LogP contribution in [0.1, 0.15) is 19.4 Å². The minimum Gasteiger partial charge on any atom is -0.373 e. The van der Waals surface area contributed by atoms with E-state index in [0.717, 1.165) is 4.90 Å². The molecule has 3 amide bonds. The average Bonchev–Trinajstić information content (AvgIpc) is 3.05. The highest BCUT2D eigenvalue weighted by atomic mass is 35.5. The fourth-order valence-electron chi connectivity index (χ4n) is 4.42. The quantitative estimate of drug-likeness (QED) is 0.656. The normalized spacial score (nSPS) is 27.2. The predicted octanol–water partition coefficient (Wildman–Crippen LogP) is 1.80. The molecule has 0 aliphatic carbocycles. The fourth-order valence-corrected chi connectivity index (χ4v) is 4.65. The number of aliphatic imine (C=N–C) groups is 1. The molecule has 0 bridgehead atoms. The molecule has 1 aromatic carbocycles. The number of imide groups is 1. The van der Waals surface area contributed by atoms with Crippen LogP contribution in [0.2, 0.25) is 5.02 Å². The maximum Gasteiger partial charge on any atom is 0.333 e. The molecule has 3 aliphatic heterocycles. The Morgan fingerprint density at radius 2 is 1.87 bits per heavy atom. The predicted molar refractivity (Wildman–Crippen MR) is 114 cm³/mol. The van der Waals surface area contributed by atoms with Crippen molar-refractivity contribution in [3.8, 4) is 0 Å². The summed E-state index contributed by atoms with van der Waals surface area (Å²) in [6.07, 6.45) is 0.124. The van der Waals surface area contributed by atoms with Gasteiger partial charge in [0.2, 0.25) is 0 Å². The zero-order valence-electron chi connectivity index (χ0n) is 18.0. The number of halogens is 2. The molecule has 2 saturated heterocycles. The van der Waals surface area contributed by atoms with Gasteiger partial charge >= 0.3 is 11.9 Å². The molecule has 166 valence electrons. The number of carbonyl (C=O) groups is 2. The van der Waals surface area contributed by atoms with Crippen molar-refractivity contribution in [2.75, 3.05) is 33.7 Å². The number of likely N-dealkylation sites (N-methyl/N-ethyl adjacent to an activating group) is 2. The van der Waals surface area contributed by atoms with Gasteiger partial charge in [-0.25, -0.2) is 13.8 Å². The summed E-state index contributed by atoms with van der Waals surface area (Å²) in [5, 5.41) is 0.280. The summed E-state index contributed by atoms with van der Waals surface area (Å²) in [5.41, 5.74) is 0.289. The monoisotopic (exact) mass is 450 g/mol. The molecule has 0 radical (unpaired) electrons. The van der Waals surface area contributed by atoms with E-state index < -0.39 is 23.8 Å². The van der Waals surface area contributed by atoms with E-state index in [9.17, 15) is 14.0 Å². The second-order valence-corrected chi connectivity index (χ2v) is 8.71.